The topological polar surface area (TPSA) is 75.6 Å². The number of halogens is 2. The van der Waals surface area contributed by atoms with Gasteiger partial charge >= 0.3 is 0 Å². The number of nitrogens with one attached hydrogen (secondary N) is 2. The van der Waals surface area contributed by atoms with Crippen LogP contribution >= 0.6 is 0 Å². The number of fused-ring (bicyclic) bond motifs is 3. The van der Waals surface area contributed by atoms with Crippen LogP contribution in [0.2, 0.25) is 0 Å². The molecule has 1 fully saturated rings. The first kappa shape index (κ1) is 17.9. The summed E-state index contributed by atoms with van der Waals surface area (Å²) in [4.78, 5) is 24.5. The molecule has 0 aliphatic heterocycles. The van der Waals surface area contributed by atoms with E-state index in [1.54, 1.807) is 6.07 Å². The van der Waals surface area contributed by atoms with Gasteiger partial charge < -0.3 is 9.88 Å². The van der Waals surface area contributed by atoms with Crippen molar-refractivity contribution in [2.75, 3.05) is 5.32 Å². The van der Waals surface area contributed by atoms with Gasteiger partial charge in [-0.1, -0.05) is 13.8 Å². The minimum Gasteiger partial charge on any atom is -0.353 e. The smallest absolute Gasteiger partial charge is 0.262 e. The average Bonchev–Trinajstić information content (AvgIpc) is 2.90. The zero-order chi connectivity index (χ0) is 19.3. The molecule has 144 valence electrons. The van der Waals surface area contributed by atoms with E-state index in [9.17, 15) is 13.6 Å². The molecule has 1 saturated carbocycles. The molecule has 0 bridgehead atoms. The number of hydrogen-bond donors (Lipinski definition) is 2. The number of aromatic nitrogens is 4. The molecule has 0 saturated heterocycles. The number of rotatable bonds is 5. The number of nitrogens with zero attached hydrogens (tertiary/aromatic N) is 3. The Hall–Kier alpha value is -2.51. The molecular formula is C19H23F2N5O. The van der Waals surface area contributed by atoms with Gasteiger partial charge in [0.25, 0.3) is 11.5 Å². The fraction of sp³-hybridized carbons (Fsp3) is 0.526. The second-order valence-corrected chi connectivity index (χ2v) is 7.35. The Bertz CT molecular complexity index is 1060. The second kappa shape index (κ2) is 6.28. The van der Waals surface area contributed by atoms with Crippen LogP contribution in [0.4, 0.5) is 14.7 Å². The summed E-state index contributed by atoms with van der Waals surface area (Å²) in [5.41, 5.74) is 1.75. The first-order valence-electron chi connectivity index (χ1n) is 9.39. The molecule has 2 heterocycles. The van der Waals surface area contributed by atoms with E-state index >= 15 is 0 Å². The molecule has 1 aliphatic carbocycles. The quantitative estimate of drug-likeness (QED) is 0.702. The van der Waals surface area contributed by atoms with Crippen LogP contribution in [0.25, 0.3) is 21.9 Å². The number of H-pyrrole nitrogens is 1. The largest absolute Gasteiger partial charge is 0.353 e. The molecular weight excluding hydrogens is 352 g/mol. The Morgan fingerprint density at radius 2 is 2.00 bits per heavy atom. The molecule has 1 aromatic carbocycles. The number of imidazole rings is 1. The monoisotopic (exact) mass is 375 g/mol. The van der Waals surface area contributed by atoms with Crippen LogP contribution < -0.4 is 10.9 Å². The number of alkyl halides is 2. The lowest BCUT2D eigenvalue weighted by atomic mass is 9.88. The maximum atomic E-state index is 13.0. The summed E-state index contributed by atoms with van der Waals surface area (Å²) in [5, 5.41) is 3.33. The number of benzene rings is 1. The van der Waals surface area contributed by atoms with Gasteiger partial charge in [0.2, 0.25) is 5.95 Å². The molecule has 2 aromatic heterocycles. The van der Waals surface area contributed by atoms with Gasteiger partial charge in [-0.3, -0.25) is 9.78 Å². The summed E-state index contributed by atoms with van der Waals surface area (Å²) in [6, 6.07) is 3.68. The van der Waals surface area contributed by atoms with Crippen LogP contribution in [0.5, 0.6) is 0 Å². The molecule has 6 nitrogen and oxygen atoms in total. The van der Waals surface area contributed by atoms with Crippen molar-refractivity contribution in [2.45, 2.75) is 64.5 Å². The predicted octanol–water partition coefficient (Wildman–Crippen LogP) is 4.15. The van der Waals surface area contributed by atoms with Gasteiger partial charge in [0.15, 0.2) is 0 Å². The van der Waals surface area contributed by atoms with E-state index in [2.05, 4.69) is 38.7 Å². The van der Waals surface area contributed by atoms with Crippen molar-refractivity contribution in [1.82, 2.24) is 19.5 Å². The molecule has 2 N–H and O–H groups in total. The van der Waals surface area contributed by atoms with Crippen LogP contribution in [0, 0.1) is 6.92 Å². The fourth-order valence-electron chi connectivity index (χ4n) is 4.04. The zero-order valence-electron chi connectivity index (χ0n) is 15.6. The highest BCUT2D eigenvalue weighted by molar-refractivity contribution is 6.02. The van der Waals surface area contributed by atoms with Crippen molar-refractivity contribution in [3.63, 3.8) is 0 Å². The van der Waals surface area contributed by atoms with Crippen molar-refractivity contribution >= 4 is 27.9 Å². The summed E-state index contributed by atoms with van der Waals surface area (Å²) in [6.45, 7) is 6.21. The molecule has 0 spiro atoms. The fourth-order valence-corrected chi connectivity index (χ4v) is 4.04. The van der Waals surface area contributed by atoms with Gasteiger partial charge in [0.1, 0.15) is 11.3 Å². The van der Waals surface area contributed by atoms with Gasteiger partial charge in [0, 0.05) is 24.9 Å². The highest BCUT2D eigenvalue weighted by Crippen LogP contribution is 2.38. The average molecular weight is 375 g/mol. The Labute approximate surface area is 155 Å². The molecule has 3 aromatic rings. The lowest BCUT2D eigenvalue weighted by molar-refractivity contribution is -0.0794. The molecule has 0 radical (unpaired) electrons. The molecule has 0 unspecified atom stereocenters. The number of hydrogen-bond acceptors (Lipinski definition) is 4. The van der Waals surface area contributed by atoms with Crippen molar-refractivity contribution in [2.24, 2.45) is 0 Å². The van der Waals surface area contributed by atoms with Crippen molar-refractivity contribution in [1.29, 1.82) is 0 Å². The highest BCUT2D eigenvalue weighted by atomic mass is 19.3. The summed E-state index contributed by atoms with van der Waals surface area (Å²) < 4.78 is 28.2. The number of anilines is 1. The van der Waals surface area contributed by atoms with Gasteiger partial charge in [-0.25, -0.2) is 18.7 Å². The Morgan fingerprint density at radius 3 is 2.63 bits per heavy atom. The maximum absolute atomic E-state index is 13.0. The van der Waals surface area contributed by atoms with E-state index in [0.29, 0.717) is 22.5 Å². The number of aromatic amines is 1. The van der Waals surface area contributed by atoms with Gasteiger partial charge in [-0.15, -0.1) is 0 Å². The van der Waals surface area contributed by atoms with E-state index in [1.807, 2.05) is 13.0 Å². The summed E-state index contributed by atoms with van der Waals surface area (Å²) in [5.74, 6) is -1.53. The van der Waals surface area contributed by atoms with Gasteiger partial charge in [-0.05, 0) is 31.9 Å². The maximum Gasteiger partial charge on any atom is 0.262 e. The predicted molar refractivity (Wildman–Crippen MR) is 102 cm³/mol. The molecule has 0 atom stereocenters. The third-order valence-electron chi connectivity index (χ3n) is 5.45. The van der Waals surface area contributed by atoms with Crippen LogP contribution in [-0.4, -0.2) is 31.5 Å². The summed E-state index contributed by atoms with van der Waals surface area (Å²) in [6.07, 6.45) is 1.47. The van der Waals surface area contributed by atoms with Gasteiger partial charge in [0.05, 0.1) is 16.4 Å². The first-order valence-corrected chi connectivity index (χ1v) is 9.39. The van der Waals surface area contributed by atoms with E-state index < -0.39 is 5.92 Å². The zero-order valence-corrected chi connectivity index (χ0v) is 15.6. The number of aryl methyl sites for hydroxylation is 1. The first-order chi connectivity index (χ1) is 12.8. The van der Waals surface area contributed by atoms with Crippen LogP contribution in [0.3, 0.4) is 0 Å². The molecule has 8 heteroatoms. The normalized spacial score (nSPS) is 17.0. The highest BCUT2D eigenvalue weighted by Gasteiger charge is 2.45. The van der Waals surface area contributed by atoms with Crippen molar-refractivity contribution in [3.8, 4) is 0 Å². The van der Waals surface area contributed by atoms with Crippen molar-refractivity contribution in [3.05, 3.63) is 28.3 Å². The Balaban J connectivity index is 1.79. The second-order valence-electron chi connectivity index (χ2n) is 7.35. The standard InChI is InChI=1S/C19H23F2N5O/c1-4-12(5-2)26-10(3)22-16-14(26)7-6-13-15(16)17(27)25-18(24-13)23-11-8-19(20,21)9-11/h6-7,11-12H,4-5,8-9H2,1-3H3,(H2,23,24,25,27). The minimum absolute atomic E-state index is 0.225. The van der Waals surface area contributed by atoms with Crippen LogP contribution in [-0.2, 0) is 0 Å². The third kappa shape index (κ3) is 2.96. The minimum atomic E-state index is -2.62. The Morgan fingerprint density at radius 1 is 1.30 bits per heavy atom. The van der Waals surface area contributed by atoms with Crippen LogP contribution in [0.15, 0.2) is 16.9 Å². The lowest BCUT2D eigenvalue weighted by Gasteiger charge is -2.35. The van der Waals surface area contributed by atoms with Gasteiger partial charge in [-0.2, -0.15) is 0 Å². The van der Waals surface area contributed by atoms with E-state index in [4.69, 9.17) is 0 Å². The van der Waals surface area contributed by atoms with Crippen LogP contribution in [0.1, 0.15) is 51.4 Å². The molecule has 0 amide bonds. The SMILES string of the molecule is CCC(CC)n1c(C)nc2c3c(=O)[nH]c(NC4CC(F)(F)C4)nc3ccc21. The van der Waals surface area contributed by atoms with E-state index in [1.165, 1.54) is 0 Å². The lowest BCUT2D eigenvalue weighted by Crippen LogP contribution is -2.44. The summed E-state index contributed by atoms with van der Waals surface area (Å²) in [7, 11) is 0. The van der Waals surface area contributed by atoms with E-state index in [-0.39, 0.29) is 30.4 Å². The Kier molecular flexibility index (Phi) is 4.16. The van der Waals surface area contributed by atoms with E-state index in [0.717, 1.165) is 24.2 Å². The molecule has 27 heavy (non-hydrogen) atoms. The molecule has 1 aliphatic rings. The van der Waals surface area contributed by atoms with Crippen molar-refractivity contribution < 1.29 is 8.78 Å². The third-order valence-corrected chi connectivity index (χ3v) is 5.45. The molecule has 4 rings (SSSR count). The summed E-state index contributed by atoms with van der Waals surface area (Å²) >= 11 is 0.